The van der Waals surface area contributed by atoms with Gasteiger partial charge in [0, 0.05) is 34.3 Å². The van der Waals surface area contributed by atoms with Gasteiger partial charge in [0.05, 0.1) is 6.54 Å². The summed E-state index contributed by atoms with van der Waals surface area (Å²) in [6.07, 6.45) is 0. The lowest BCUT2D eigenvalue weighted by molar-refractivity contribution is 0.435. The first-order chi connectivity index (χ1) is 11.3. The quantitative estimate of drug-likeness (QED) is 0.792. The number of benzene rings is 2. The molecule has 0 radical (unpaired) electrons. The minimum absolute atomic E-state index is 0.701. The monoisotopic (exact) mass is 323 g/mol. The van der Waals surface area contributed by atoms with Crippen LogP contribution >= 0.6 is 11.6 Å². The normalized spacial score (nSPS) is 13.7. The number of aromatic nitrogens is 1. The summed E-state index contributed by atoms with van der Waals surface area (Å²) in [5.74, 6) is 1.68. The smallest absolute Gasteiger partial charge is 0.167 e. The van der Waals surface area contributed by atoms with Crippen LogP contribution in [0.25, 0.3) is 22.6 Å². The summed E-state index contributed by atoms with van der Waals surface area (Å²) in [4.78, 5) is 4.42. The zero-order valence-electron chi connectivity index (χ0n) is 12.3. The summed E-state index contributed by atoms with van der Waals surface area (Å²) >= 11 is 5.91. The topological polar surface area (TPSA) is 50.4 Å². The van der Waals surface area contributed by atoms with Gasteiger partial charge in [0.15, 0.2) is 5.76 Å². The molecule has 1 aliphatic rings. The van der Waals surface area contributed by atoms with Gasteiger partial charge < -0.3 is 9.84 Å². The van der Waals surface area contributed by atoms with Crippen molar-refractivity contribution in [3.8, 4) is 22.6 Å². The van der Waals surface area contributed by atoms with Crippen molar-refractivity contribution in [2.24, 2.45) is 4.99 Å². The van der Waals surface area contributed by atoms with E-state index in [2.05, 4.69) is 15.5 Å². The lowest BCUT2D eigenvalue weighted by Gasteiger charge is -2.02. The number of nitrogens with one attached hydrogen (secondary N) is 1. The molecule has 4 nitrogen and oxygen atoms in total. The fraction of sp³-hybridized carbons (Fsp3) is 0.111. The second kappa shape index (κ2) is 5.89. The standard InChI is InChI=1S/C18H14ClN3O/c19-15-7-5-13(6-8-15)17-11-16(22-23-17)12-1-3-14(4-2-12)18-20-9-10-21-18/h1-8,11H,9-10H2,(H,20,21). The van der Waals surface area contributed by atoms with Crippen molar-refractivity contribution in [3.05, 3.63) is 65.2 Å². The van der Waals surface area contributed by atoms with Crippen LogP contribution in [0.5, 0.6) is 0 Å². The van der Waals surface area contributed by atoms with Crippen LogP contribution in [0.15, 0.2) is 64.1 Å². The van der Waals surface area contributed by atoms with Crippen molar-refractivity contribution in [2.75, 3.05) is 13.1 Å². The van der Waals surface area contributed by atoms with Gasteiger partial charge in [0.1, 0.15) is 11.5 Å². The Morgan fingerprint density at radius 2 is 1.61 bits per heavy atom. The van der Waals surface area contributed by atoms with E-state index in [-0.39, 0.29) is 0 Å². The average Bonchev–Trinajstić information content (AvgIpc) is 3.28. The minimum atomic E-state index is 0.701. The third-order valence-electron chi connectivity index (χ3n) is 3.77. The lowest BCUT2D eigenvalue weighted by Crippen LogP contribution is -2.19. The maximum absolute atomic E-state index is 5.91. The SMILES string of the molecule is Clc1ccc(-c2cc(-c3ccc(C4=NCCN4)cc3)no2)cc1. The fourth-order valence-electron chi connectivity index (χ4n) is 2.55. The molecule has 2 heterocycles. The number of rotatable bonds is 3. The Bertz CT molecular complexity index is 851. The van der Waals surface area contributed by atoms with Crippen LogP contribution in [0.1, 0.15) is 5.56 Å². The summed E-state index contributed by atoms with van der Waals surface area (Å²) in [5.41, 5.74) is 3.86. The second-order valence-electron chi connectivity index (χ2n) is 5.32. The Balaban J connectivity index is 1.60. The van der Waals surface area contributed by atoms with Gasteiger partial charge in [-0.3, -0.25) is 4.99 Å². The Hall–Kier alpha value is -2.59. The highest BCUT2D eigenvalue weighted by molar-refractivity contribution is 6.30. The van der Waals surface area contributed by atoms with Gasteiger partial charge >= 0.3 is 0 Å². The van der Waals surface area contributed by atoms with E-state index in [9.17, 15) is 0 Å². The summed E-state index contributed by atoms with van der Waals surface area (Å²) < 4.78 is 5.45. The van der Waals surface area contributed by atoms with Crippen molar-refractivity contribution in [2.45, 2.75) is 0 Å². The second-order valence-corrected chi connectivity index (χ2v) is 5.75. The first-order valence-corrected chi connectivity index (χ1v) is 7.79. The molecule has 0 spiro atoms. The van der Waals surface area contributed by atoms with Gasteiger partial charge in [-0.15, -0.1) is 0 Å². The van der Waals surface area contributed by atoms with Crippen LogP contribution in [0.3, 0.4) is 0 Å². The summed E-state index contributed by atoms with van der Waals surface area (Å²) in [6.45, 7) is 1.75. The minimum Gasteiger partial charge on any atom is -0.368 e. The molecule has 3 aromatic rings. The van der Waals surface area contributed by atoms with Crippen LogP contribution in [0, 0.1) is 0 Å². The predicted octanol–water partition coefficient (Wildman–Crippen LogP) is 4.01. The largest absolute Gasteiger partial charge is 0.368 e. The number of aliphatic imine (C=N–C) groups is 1. The van der Waals surface area contributed by atoms with E-state index in [0.717, 1.165) is 47.1 Å². The van der Waals surface area contributed by atoms with Crippen LogP contribution in [0.2, 0.25) is 5.02 Å². The van der Waals surface area contributed by atoms with E-state index in [1.54, 1.807) is 0 Å². The summed E-state index contributed by atoms with van der Waals surface area (Å²) in [6, 6.07) is 17.6. The molecule has 1 aliphatic heterocycles. The molecule has 23 heavy (non-hydrogen) atoms. The zero-order chi connectivity index (χ0) is 15.6. The van der Waals surface area contributed by atoms with Gasteiger partial charge in [-0.05, 0) is 24.3 Å². The fourth-order valence-corrected chi connectivity index (χ4v) is 2.68. The Morgan fingerprint density at radius 1 is 0.913 bits per heavy atom. The third-order valence-corrected chi connectivity index (χ3v) is 4.02. The van der Waals surface area contributed by atoms with Crippen LogP contribution < -0.4 is 5.32 Å². The van der Waals surface area contributed by atoms with E-state index < -0.39 is 0 Å². The van der Waals surface area contributed by atoms with Crippen LogP contribution in [-0.2, 0) is 0 Å². The lowest BCUT2D eigenvalue weighted by atomic mass is 10.1. The van der Waals surface area contributed by atoms with Crippen molar-refractivity contribution < 1.29 is 4.52 Å². The first kappa shape index (κ1) is 14.0. The van der Waals surface area contributed by atoms with Gasteiger partial charge in [0.25, 0.3) is 0 Å². The number of hydrogen-bond donors (Lipinski definition) is 1. The molecule has 0 saturated heterocycles. The molecule has 4 rings (SSSR count). The van der Waals surface area contributed by atoms with E-state index in [0.29, 0.717) is 5.02 Å². The zero-order valence-corrected chi connectivity index (χ0v) is 13.0. The Kier molecular flexibility index (Phi) is 3.60. The highest BCUT2D eigenvalue weighted by Gasteiger charge is 2.11. The highest BCUT2D eigenvalue weighted by atomic mass is 35.5. The molecule has 0 saturated carbocycles. The molecule has 1 N–H and O–H groups in total. The van der Waals surface area contributed by atoms with Gasteiger partial charge in [-0.25, -0.2) is 0 Å². The van der Waals surface area contributed by atoms with Crippen LogP contribution in [-0.4, -0.2) is 24.1 Å². The average molecular weight is 324 g/mol. The molecular formula is C18H14ClN3O. The molecule has 2 aromatic carbocycles. The van der Waals surface area contributed by atoms with Gasteiger partial charge in [0.2, 0.25) is 0 Å². The number of halogens is 1. The molecule has 0 aliphatic carbocycles. The molecule has 0 unspecified atom stereocenters. The third kappa shape index (κ3) is 2.85. The summed E-state index contributed by atoms with van der Waals surface area (Å²) in [5, 5.41) is 8.13. The van der Waals surface area contributed by atoms with Crippen molar-refractivity contribution in [3.63, 3.8) is 0 Å². The predicted molar refractivity (Wildman–Crippen MR) is 91.8 cm³/mol. The first-order valence-electron chi connectivity index (χ1n) is 7.41. The molecular weight excluding hydrogens is 310 g/mol. The van der Waals surface area contributed by atoms with Crippen molar-refractivity contribution in [1.29, 1.82) is 0 Å². The van der Waals surface area contributed by atoms with E-state index in [1.165, 1.54) is 0 Å². The van der Waals surface area contributed by atoms with Crippen molar-refractivity contribution in [1.82, 2.24) is 10.5 Å². The molecule has 0 amide bonds. The number of amidine groups is 1. The summed E-state index contributed by atoms with van der Waals surface area (Å²) in [7, 11) is 0. The molecule has 114 valence electrons. The number of nitrogens with zero attached hydrogens (tertiary/aromatic N) is 2. The van der Waals surface area contributed by atoms with Gasteiger partial charge in [-0.2, -0.15) is 0 Å². The Morgan fingerprint density at radius 3 is 2.30 bits per heavy atom. The van der Waals surface area contributed by atoms with E-state index >= 15 is 0 Å². The highest BCUT2D eigenvalue weighted by Crippen LogP contribution is 2.27. The number of hydrogen-bond acceptors (Lipinski definition) is 4. The molecule has 5 heteroatoms. The molecule has 0 fully saturated rings. The van der Waals surface area contributed by atoms with Crippen molar-refractivity contribution >= 4 is 17.4 Å². The van der Waals surface area contributed by atoms with E-state index in [1.807, 2.05) is 54.6 Å². The van der Waals surface area contributed by atoms with Gasteiger partial charge in [-0.1, -0.05) is 41.0 Å². The molecule has 0 atom stereocenters. The molecule has 1 aromatic heterocycles. The van der Waals surface area contributed by atoms with E-state index in [4.69, 9.17) is 16.1 Å². The molecule has 0 bridgehead atoms. The van der Waals surface area contributed by atoms with Crippen LogP contribution in [0.4, 0.5) is 0 Å². The maximum Gasteiger partial charge on any atom is 0.167 e. The Labute approximate surface area is 138 Å². The maximum atomic E-state index is 5.91.